The van der Waals surface area contributed by atoms with Gasteiger partial charge in [0.05, 0.1) is 12.9 Å². The summed E-state index contributed by atoms with van der Waals surface area (Å²) in [6, 6.07) is 8.16. The first-order valence-electron chi connectivity index (χ1n) is 8.72. The van der Waals surface area contributed by atoms with Crippen molar-refractivity contribution < 1.29 is 14.3 Å². The van der Waals surface area contributed by atoms with E-state index in [4.69, 9.17) is 4.74 Å². The minimum Gasteiger partial charge on any atom is -0.468 e. The average Bonchev–Trinajstić information content (AvgIpc) is 3.20. The number of esters is 1. The summed E-state index contributed by atoms with van der Waals surface area (Å²) in [6.45, 7) is 3.14. The normalized spacial score (nSPS) is 17.0. The quantitative estimate of drug-likeness (QED) is 0.581. The van der Waals surface area contributed by atoms with E-state index < -0.39 is 0 Å². The van der Waals surface area contributed by atoms with E-state index in [1.807, 2.05) is 12.1 Å². The summed E-state index contributed by atoms with van der Waals surface area (Å²) in [6.07, 6.45) is 0.992. The van der Waals surface area contributed by atoms with Crippen LogP contribution in [0.3, 0.4) is 0 Å². The van der Waals surface area contributed by atoms with Gasteiger partial charge in [-0.25, -0.2) is 4.98 Å². The molecule has 0 aliphatic carbocycles. The molecule has 27 heavy (non-hydrogen) atoms. The number of aromatic amines is 1. The molecule has 0 saturated carbocycles. The molecule has 1 atom stereocenters. The first kappa shape index (κ1) is 19.8. The van der Waals surface area contributed by atoms with Crippen molar-refractivity contribution in [2.45, 2.75) is 23.8 Å². The molecular formula is C18H22N4O3S2. The zero-order valence-corrected chi connectivity index (χ0v) is 16.9. The van der Waals surface area contributed by atoms with Gasteiger partial charge in [0.2, 0.25) is 11.1 Å². The fourth-order valence-electron chi connectivity index (χ4n) is 2.71. The third-order valence-corrected chi connectivity index (χ3v) is 6.30. The van der Waals surface area contributed by atoms with E-state index in [1.54, 1.807) is 4.90 Å². The zero-order valence-electron chi connectivity index (χ0n) is 15.3. The smallest absolute Gasteiger partial charge is 0.320 e. The molecule has 1 aromatic carbocycles. The van der Waals surface area contributed by atoms with Crippen molar-refractivity contribution >= 4 is 35.4 Å². The van der Waals surface area contributed by atoms with Crippen molar-refractivity contribution in [3.63, 3.8) is 0 Å². The van der Waals surface area contributed by atoms with Gasteiger partial charge in [0, 0.05) is 24.4 Å². The van der Waals surface area contributed by atoms with Gasteiger partial charge in [0.1, 0.15) is 5.25 Å². The number of carbonyl (C=O) groups excluding carboxylic acids is 2. The lowest BCUT2D eigenvalue weighted by molar-refractivity contribution is -0.141. The van der Waals surface area contributed by atoms with Crippen LogP contribution in [0.25, 0.3) is 11.4 Å². The summed E-state index contributed by atoms with van der Waals surface area (Å²) in [4.78, 5) is 30.3. The van der Waals surface area contributed by atoms with Crippen LogP contribution < -0.4 is 0 Å². The van der Waals surface area contributed by atoms with Gasteiger partial charge >= 0.3 is 5.97 Å². The highest BCUT2D eigenvalue weighted by Gasteiger charge is 2.29. The SMILES string of the molecule is CCc1ccc(-c2nc(SCC(=O)N3CCS[C@@H](C(=O)OC)C3)n[nH]2)cc1. The number of carbonyl (C=O) groups is 2. The molecule has 1 aromatic heterocycles. The zero-order chi connectivity index (χ0) is 19.2. The number of hydrogen-bond acceptors (Lipinski definition) is 7. The average molecular weight is 407 g/mol. The summed E-state index contributed by atoms with van der Waals surface area (Å²) in [7, 11) is 1.37. The number of rotatable bonds is 6. The Morgan fingerprint density at radius 2 is 2.15 bits per heavy atom. The molecule has 1 saturated heterocycles. The summed E-state index contributed by atoms with van der Waals surface area (Å²) in [5, 5.41) is 7.34. The van der Waals surface area contributed by atoms with E-state index in [2.05, 4.69) is 34.2 Å². The highest BCUT2D eigenvalue weighted by Crippen LogP contribution is 2.23. The minimum atomic E-state index is -0.307. The lowest BCUT2D eigenvalue weighted by Crippen LogP contribution is -2.45. The van der Waals surface area contributed by atoms with Gasteiger partial charge < -0.3 is 9.64 Å². The van der Waals surface area contributed by atoms with Crippen LogP contribution in [0.2, 0.25) is 0 Å². The molecule has 1 N–H and O–H groups in total. The first-order chi connectivity index (χ1) is 13.1. The van der Waals surface area contributed by atoms with Crippen molar-refractivity contribution in [1.82, 2.24) is 20.1 Å². The second-order valence-corrected chi connectivity index (χ2v) is 8.28. The highest BCUT2D eigenvalue weighted by molar-refractivity contribution is 8.00. The van der Waals surface area contributed by atoms with Crippen molar-refractivity contribution in [2.24, 2.45) is 0 Å². The van der Waals surface area contributed by atoms with E-state index in [-0.39, 0.29) is 22.9 Å². The monoisotopic (exact) mass is 406 g/mol. The van der Waals surface area contributed by atoms with Gasteiger partial charge in [-0.05, 0) is 12.0 Å². The Morgan fingerprint density at radius 3 is 2.85 bits per heavy atom. The van der Waals surface area contributed by atoms with Crippen LogP contribution in [-0.2, 0) is 20.7 Å². The van der Waals surface area contributed by atoms with Gasteiger partial charge in [0.25, 0.3) is 0 Å². The number of methoxy groups -OCH3 is 1. The standard InChI is InChI=1S/C18H22N4O3S2/c1-3-12-4-6-13(7-5-12)16-19-18(21-20-16)27-11-15(23)22-8-9-26-14(10-22)17(24)25-2/h4-7,14H,3,8-11H2,1-2H3,(H,19,20,21)/t14-/m1/s1. The predicted molar refractivity (Wildman–Crippen MR) is 107 cm³/mol. The Hall–Kier alpha value is -2.00. The third kappa shape index (κ3) is 5.04. The van der Waals surface area contributed by atoms with Crippen LogP contribution in [0.5, 0.6) is 0 Å². The molecule has 0 unspecified atom stereocenters. The Labute approximate surface area is 166 Å². The lowest BCUT2D eigenvalue weighted by Gasteiger charge is -2.30. The van der Waals surface area contributed by atoms with E-state index in [1.165, 1.54) is 36.2 Å². The van der Waals surface area contributed by atoms with Crippen molar-refractivity contribution in [3.05, 3.63) is 29.8 Å². The second-order valence-electron chi connectivity index (χ2n) is 6.03. The number of hydrogen-bond donors (Lipinski definition) is 1. The second kappa shape index (κ2) is 9.27. The number of H-pyrrole nitrogens is 1. The number of benzene rings is 1. The van der Waals surface area contributed by atoms with Crippen LogP contribution in [0, 0.1) is 0 Å². The molecule has 144 valence electrons. The van der Waals surface area contributed by atoms with Crippen molar-refractivity contribution in [3.8, 4) is 11.4 Å². The summed E-state index contributed by atoms with van der Waals surface area (Å²) in [5.74, 6) is 1.36. The molecule has 0 bridgehead atoms. The fourth-order valence-corrected chi connectivity index (χ4v) is 4.53. The number of thioether (sulfide) groups is 2. The molecule has 2 aromatic rings. The van der Waals surface area contributed by atoms with Gasteiger partial charge in [-0.1, -0.05) is 43.0 Å². The first-order valence-corrected chi connectivity index (χ1v) is 10.8. The van der Waals surface area contributed by atoms with Gasteiger partial charge in [-0.3, -0.25) is 14.7 Å². The Kier molecular flexibility index (Phi) is 6.78. The molecule has 1 amide bonds. The predicted octanol–water partition coefficient (Wildman–Crippen LogP) is 2.24. The minimum absolute atomic E-state index is 0.0205. The number of ether oxygens (including phenoxy) is 1. The molecular weight excluding hydrogens is 384 g/mol. The Balaban J connectivity index is 1.54. The summed E-state index contributed by atoms with van der Waals surface area (Å²) >= 11 is 2.82. The van der Waals surface area contributed by atoms with Crippen LogP contribution in [-0.4, -0.2) is 68.9 Å². The van der Waals surface area contributed by atoms with Crippen molar-refractivity contribution in [2.75, 3.05) is 31.7 Å². The number of nitrogens with zero attached hydrogens (tertiary/aromatic N) is 3. The number of nitrogens with one attached hydrogen (secondary N) is 1. The molecule has 3 rings (SSSR count). The van der Waals surface area contributed by atoms with Gasteiger partial charge in [-0.2, -0.15) is 0 Å². The molecule has 1 fully saturated rings. The topological polar surface area (TPSA) is 88.2 Å². The third-order valence-electron chi connectivity index (χ3n) is 4.31. The number of amides is 1. The van der Waals surface area contributed by atoms with E-state index in [0.717, 1.165) is 17.7 Å². The maximum absolute atomic E-state index is 12.5. The van der Waals surface area contributed by atoms with Crippen molar-refractivity contribution in [1.29, 1.82) is 0 Å². The number of aryl methyl sites for hydroxylation is 1. The molecule has 0 spiro atoms. The maximum atomic E-state index is 12.5. The lowest BCUT2D eigenvalue weighted by atomic mass is 10.1. The molecule has 7 nitrogen and oxygen atoms in total. The Bertz CT molecular complexity index is 794. The fraction of sp³-hybridized carbons (Fsp3) is 0.444. The molecule has 1 aliphatic heterocycles. The van der Waals surface area contributed by atoms with E-state index in [9.17, 15) is 9.59 Å². The van der Waals surface area contributed by atoms with Gasteiger partial charge in [0.15, 0.2) is 5.82 Å². The van der Waals surface area contributed by atoms with E-state index >= 15 is 0 Å². The highest BCUT2D eigenvalue weighted by atomic mass is 32.2. The maximum Gasteiger partial charge on any atom is 0.320 e. The Morgan fingerprint density at radius 1 is 1.37 bits per heavy atom. The van der Waals surface area contributed by atoms with Crippen LogP contribution in [0.1, 0.15) is 12.5 Å². The van der Waals surface area contributed by atoms with Crippen LogP contribution >= 0.6 is 23.5 Å². The van der Waals surface area contributed by atoms with Gasteiger partial charge in [-0.15, -0.1) is 16.9 Å². The molecule has 2 heterocycles. The number of aromatic nitrogens is 3. The van der Waals surface area contributed by atoms with E-state index in [0.29, 0.717) is 24.1 Å². The molecule has 1 aliphatic rings. The summed E-state index contributed by atoms with van der Waals surface area (Å²) < 4.78 is 4.78. The van der Waals surface area contributed by atoms with Crippen LogP contribution in [0.15, 0.2) is 29.4 Å². The largest absolute Gasteiger partial charge is 0.468 e. The molecule has 0 radical (unpaired) electrons. The molecule has 9 heteroatoms. The summed E-state index contributed by atoms with van der Waals surface area (Å²) in [5.41, 5.74) is 2.23. The van der Waals surface area contributed by atoms with Crippen LogP contribution in [0.4, 0.5) is 0 Å².